The predicted octanol–water partition coefficient (Wildman–Crippen LogP) is 1.92. The largest absolute Gasteiger partial charge is 0.488 e. The first-order chi connectivity index (χ1) is 10.1. The molecule has 2 fully saturated rings. The molecule has 1 spiro atoms. The number of hydrogen-bond acceptors (Lipinski definition) is 3. The van der Waals surface area contributed by atoms with E-state index >= 15 is 0 Å². The number of benzene rings is 1. The van der Waals surface area contributed by atoms with Crippen molar-refractivity contribution < 1.29 is 9.53 Å². The number of amides is 1. The molecule has 112 valence electrons. The summed E-state index contributed by atoms with van der Waals surface area (Å²) < 4.78 is 6.28. The van der Waals surface area contributed by atoms with Crippen LogP contribution in [0.3, 0.4) is 0 Å². The second-order valence-corrected chi connectivity index (χ2v) is 6.83. The molecular weight excluding hydrogens is 264 g/mol. The summed E-state index contributed by atoms with van der Waals surface area (Å²) in [7, 11) is 2.20. The summed E-state index contributed by atoms with van der Waals surface area (Å²) in [4.78, 5) is 14.1. The van der Waals surface area contributed by atoms with E-state index < -0.39 is 0 Å². The predicted molar refractivity (Wildman–Crippen MR) is 80.5 cm³/mol. The lowest BCUT2D eigenvalue weighted by atomic mass is 9.58. The monoisotopic (exact) mass is 286 g/mol. The third-order valence-electron chi connectivity index (χ3n) is 5.80. The summed E-state index contributed by atoms with van der Waals surface area (Å²) in [6, 6.07) is 5.91. The minimum atomic E-state index is -0.383. The molecule has 0 aromatic heterocycles. The molecule has 1 saturated heterocycles. The fraction of sp³-hybridized carbons (Fsp3) is 0.588. The number of ether oxygens (including phenoxy) is 1. The highest BCUT2D eigenvalue weighted by molar-refractivity contribution is 5.96. The van der Waals surface area contributed by atoms with Crippen LogP contribution < -0.4 is 10.5 Å². The zero-order valence-electron chi connectivity index (χ0n) is 12.5. The summed E-state index contributed by atoms with van der Waals surface area (Å²) >= 11 is 0. The molecule has 4 heteroatoms. The van der Waals surface area contributed by atoms with Gasteiger partial charge in [0.05, 0.1) is 5.56 Å². The Hall–Kier alpha value is -1.55. The Morgan fingerprint density at radius 1 is 1.43 bits per heavy atom. The first kappa shape index (κ1) is 13.1. The summed E-state index contributed by atoms with van der Waals surface area (Å²) in [6.45, 7) is 2.22. The van der Waals surface area contributed by atoms with Crippen LogP contribution in [0.15, 0.2) is 18.2 Å². The fourth-order valence-corrected chi connectivity index (χ4v) is 4.85. The Balaban J connectivity index is 1.87. The van der Waals surface area contributed by atoms with Crippen molar-refractivity contribution in [2.75, 3.05) is 20.1 Å². The molecule has 0 bridgehead atoms. The van der Waals surface area contributed by atoms with E-state index in [4.69, 9.17) is 10.5 Å². The Morgan fingerprint density at radius 3 is 3.10 bits per heavy atom. The van der Waals surface area contributed by atoms with Crippen LogP contribution in [0.2, 0.25) is 0 Å². The second-order valence-electron chi connectivity index (χ2n) is 6.83. The van der Waals surface area contributed by atoms with Crippen LogP contribution in [-0.2, 0) is 5.41 Å². The van der Waals surface area contributed by atoms with Gasteiger partial charge < -0.3 is 15.4 Å². The van der Waals surface area contributed by atoms with Crippen molar-refractivity contribution in [3.63, 3.8) is 0 Å². The first-order valence-corrected chi connectivity index (χ1v) is 7.91. The van der Waals surface area contributed by atoms with Gasteiger partial charge in [-0.25, -0.2) is 0 Å². The Labute approximate surface area is 125 Å². The van der Waals surface area contributed by atoms with Gasteiger partial charge in [0, 0.05) is 17.5 Å². The molecular formula is C17H22N2O2. The average Bonchev–Trinajstić information content (AvgIpc) is 2.80. The number of nitrogens with zero attached hydrogens (tertiary/aromatic N) is 1. The molecule has 1 aromatic rings. The molecule has 0 radical (unpaired) electrons. The van der Waals surface area contributed by atoms with E-state index in [0.29, 0.717) is 11.5 Å². The van der Waals surface area contributed by atoms with E-state index in [1.54, 1.807) is 6.07 Å². The van der Waals surface area contributed by atoms with Crippen LogP contribution >= 0.6 is 0 Å². The maximum Gasteiger partial charge on any atom is 0.252 e. The maximum absolute atomic E-state index is 11.7. The van der Waals surface area contributed by atoms with Gasteiger partial charge in [0.25, 0.3) is 5.91 Å². The van der Waals surface area contributed by atoms with E-state index in [1.807, 2.05) is 6.07 Å². The van der Waals surface area contributed by atoms with Gasteiger partial charge in [0.1, 0.15) is 11.9 Å². The minimum Gasteiger partial charge on any atom is -0.488 e. The number of likely N-dealkylation sites (tertiary alicyclic amines) is 1. The van der Waals surface area contributed by atoms with Gasteiger partial charge in [0.15, 0.2) is 0 Å². The molecule has 2 N–H and O–H groups in total. The molecule has 1 amide bonds. The van der Waals surface area contributed by atoms with Crippen molar-refractivity contribution in [3.8, 4) is 5.75 Å². The van der Waals surface area contributed by atoms with Crippen LogP contribution in [-0.4, -0.2) is 37.0 Å². The van der Waals surface area contributed by atoms with E-state index in [2.05, 4.69) is 18.0 Å². The number of fused-ring (bicyclic) bond motifs is 1. The fourth-order valence-electron chi connectivity index (χ4n) is 4.85. The summed E-state index contributed by atoms with van der Waals surface area (Å²) in [5.41, 5.74) is 7.43. The summed E-state index contributed by atoms with van der Waals surface area (Å²) in [5.74, 6) is 1.01. The van der Waals surface area contributed by atoms with E-state index in [1.165, 1.54) is 18.4 Å². The minimum absolute atomic E-state index is 0.103. The van der Waals surface area contributed by atoms with Crippen molar-refractivity contribution in [2.24, 2.45) is 11.7 Å². The highest BCUT2D eigenvalue weighted by Crippen LogP contribution is 2.57. The highest BCUT2D eigenvalue weighted by atomic mass is 16.5. The number of para-hydroxylation sites is 1. The quantitative estimate of drug-likeness (QED) is 0.858. The second kappa shape index (κ2) is 4.47. The number of piperidine rings is 1. The van der Waals surface area contributed by atoms with Crippen molar-refractivity contribution >= 4 is 5.91 Å². The summed E-state index contributed by atoms with van der Waals surface area (Å²) in [6.07, 6.45) is 4.90. The van der Waals surface area contributed by atoms with Crippen LogP contribution in [0.25, 0.3) is 0 Å². The van der Waals surface area contributed by atoms with Gasteiger partial charge in [-0.3, -0.25) is 4.79 Å². The Bertz CT molecular complexity index is 600. The number of carbonyl (C=O) groups is 1. The van der Waals surface area contributed by atoms with E-state index in [9.17, 15) is 4.79 Å². The van der Waals surface area contributed by atoms with Crippen molar-refractivity contribution in [3.05, 3.63) is 29.3 Å². The van der Waals surface area contributed by atoms with Gasteiger partial charge in [-0.15, -0.1) is 0 Å². The standard InChI is InChI=1S/C17H22N2O2/c1-19-9-8-17-11(10-19)4-2-7-14(17)21-15-12(16(18)20)5-3-6-13(15)17/h3,5-6,11,14H,2,4,7-10H2,1H3,(H2,18,20)/t11-,14-,17?/m0/s1. The van der Waals surface area contributed by atoms with Crippen LogP contribution in [0.1, 0.15) is 41.6 Å². The lowest BCUT2D eigenvalue weighted by molar-refractivity contribution is 0.000146. The van der Waals surface area contributed by atoms with Gasteiger partial charge >= 0.3 is 0 Å². The lowest BCUT2D eigenvalue weighted by Crippen LogP contribution is -2.55. The molecule has 3 atom stereocenters. The molecule has 4 nitrogen and oxygen atoms in total. The zero-order chi connectivity index (χ0) is 14.6. The normalized spacial score (nSPS) is 34.5. The number of primary amides is 1. The zero-order valence-corrected chi connectivity index (χ0v) is 12.5. The number of hydrogen-bond donors (Lipinski definition) is 1. The molecule has 4 rings (SSSR count). The third kappa shape index (κ3) is 1.68. The van der Waals surface area contributed by atoms with Gasteiger partial charge in [-0.2, -0.15) is 0 Å². The lowest BCUT2D eigenvalue weighted by Gasteiger charge is -2.50. The van der Waals surface area contributed by atoms with E-state index in [-0.39, 0.29) is 17.4 Å². The Morgan fingerprint density at radius 2 is 2.29 bits per heavy atom. The molecule has 3 aliphatic rings. The van der Waals surface area contributed by atoms with Gasteiger partial charge in [-0.05, 0) is 51.3 Å². The van der Waals surface area contributed by atoms with Crippen molar-refractivity contribution in [2.45, 2.75) is 37.2 Å². The molecule has 1 unspecified atom stereocenters. The van der Waals surface area contributed by atoms with Crippen molar-refractivity contribution in [1.29, 1.82) is 0 Å². The van der Waals surface area contributed by atoms with Crippen LogP contribution in [0.4, 0.5) is 0 Å². The number of rotatable bonds is 1. The van der Waals surface area contributed by atoms with Gasteiger partial charge in [-0.1, -0.05) is 12.1 Å². The molecule has 21 heavy (non-hydrogen) atoms. The maximum atomic E-state index is 11.7. The smallest absolute Gasteiger partial charge is 0.252 e. The van der Waals surface area contributed by atoms with Crippen LogP contribution in [0, 0.1) is 5.92 Å². The third-order valence-corrected chi connectivity index (χ3v) is 5.80. The molecule has 2 aliphatic heterocycles. The van der Waals surface area contributed by atoms with Gasteiger partial charge in [0.2, 0.25) is 0 Å². The first-order valence-electron chi connectivity index (χ1n) is 7.91. The number of carbonyl (C=O) groups excluding carboxylic acids is 1. The SMILES string of the molecule is CN1CCC23c4cccc(C(N)=O)c4O[C@H]2CCC[C@H]3C1. The average molecular weight is 286 g/mol. The molecule has 1 aliphatic carbocycles. The summed E-state index contributed by atoms with van der Waals surface area (Å²) in [5, 5.41) is 0. The van der Waals surface area contributed by atoms with Crippen LogP contribution in [0.5, 0.6) is 5.75 Å². The molecule has 2 heterocycles. The van der Waals surface area contributed by atoms with Crippen molar-refractivity contribution in [1.82, 2.24) is 4.90 Å². The molecule has 1 saturated carbocycles. The molecule has 1 aromatic carbocycles. The van der Waals surface area contributed by atoms with E-state index in [0.717, 1.165) is 31.7 Å². The highest BCUT2D eigenvalue weighted by Gasteiger charge is 2.57. The Kier molecular flexibility index (Phi) is 2.80. The topological polar surface area (TPSA) is 55.6 Å². The number of nitrogens with two attached hydrogens (primary N) is 1.